The highest BCUT2D eigenvalue weighted by atomic mass is 32.2. The van der Waals surface area contributed by atoms with Crippen LogP contribution in [0.5, 0.6) is 0 Å². The molecule has 11 rings (SSSR count). The molecule has 0 saturated carbocycles. The Labute approximate surface area is 258 Å². The van der Waals surface area contributed by atoms with E-state index in [-0.39, 0.29) is 0 Å². The Hall–Kier alpha value is -5.12. The van der Waals surface area contributed by atoms with Crippen molar-refractivity contribution in [1.82, 2.24) is 9.55 Å². The van der Waals surface area contributed by atoms with Crippen LogP contribution in [0.2, 0.25) is 0 Å². The van der Waals surface area contributed by atoms with Gasteiger partial charge in [0.05, 0.1) is 21.8 Å². The van der Waals surface area contributed by atoms with Gasteiger partial charge in [-0.15, -0.1) is 11.8 Å². The molecule has 2 aliphatic carbocycles. The minimum absolute atomic E-state index is 0.415. The minimum atomic E-state index is 0.415. The molecule has 0 saturated heterocycles. The lowest BCUT2D eigenvalue weighted by atomic mass is 9.84. The van der Waals surface area contributed by atoms with Crippen LogP contribution in [0.15, 0.2) is 120 Å². The lowest BCUT2D eigenvalue weighted by Crippen LogP contribution is -2.17. The van der Waals surface area contributed by atoms with E-state index in [1.165, 1.54) is 81.4 Å². The lowest BCUT2D eigenvalue weighted by molar-refractivity contribution is 1.08. The molecule has 1 unspecified atom stereocenters. The van der Waals surface area contributed by atoms with Gasteiger partial charge in [0, 0.05) is 38.5 Å². The summed E-state index contributed by atoms with van der Waals surface area (Å²) >= 11 is 2.02. The first kappa shape index (κ1) is 23.3. The van der Waals surface area contributed by atoms with Gasteiger partial charge in [0.15, 0.2) is 0 Å². The van der Waals surface area contributed by atoms with Gasteiger partial charge >= 0.3 is 0 Å². The molecule has 0 amide bonds. The first-order valence-electron chi connectivity index (χ1n) is 15.3. The number of benzene rings is 6. The third kappa shape index (κ3) is 2.95. The summed E-state index contributed by atoms with van der Waals surface area (Å²) in [4.78, 5) is 6.17. The van der Waals surface area contributed by atoms with E-state index < -0.39 is 0 Å². The molecule has 0 spiro atoms. The van der Waals surface area contributed by atoms with Gasteiger partial charge in [0.2, 0.25) is 0 Å². The summed E-state index contributed by atoms with van der Waals surface area (Å²) in [7, 11) is 0. The van der Waals surface area contributed by atoms with Crippen LogP contribution in [0, 0.1) is 0 Å². The van der Waals surface area contributed by atoms with Crippen LogP contribution in [0.25, 0.3) is 83.4 Å². The largest absolute Gasteiger partial charge is 0.309 e. The van der Waals surface area contributed by atoms with Crippen molar-refractivity contribution in [2.75, 3.05) is 0 Å². The summed E-state index contributed by atoms with van der Waals surface area (Å²) in [5.74, 6) is 0. The second-order valence-electron chi connectivity index (χ2n) is 12.3. The normalized spacial score (nSPS) is 15.9. The van der Waals surface area contributed by atoms with Crippen molar-refractivity contribution in [3.8, 4) is 28.1 Å². The van der Waals surface area contributed by atoms with Crippen molar-refractivity contribution in [2.24, 2.45) is 0 Å². The predicted octanol–water partition coefficient (Wildman–Crippen LogP) is 10.0. The Morgan fingerprint density at radius 2 is 1.59 bits per heavy atom. The molecule has 1 aliphatic heterocycles. The van der Waals surface area contributed by atoms with E-state index in [2.05, 4.69) is 126 Å². The molecule has 0 radical (unpaired) electrons. The van der Waals surface area contributed by atoms with Gasteiger partial charge in [0.1, 0.15) is 0 Å². The Balaban J connectivity index is 1.12. The number of rotatable bonds is 3. The number of nitrogens with zero attached hydrogens (tertiary/aromatic N) is 2. The fourth-order valence-corrected chi connectivity index (χ4v) is 9.35. The Bertz CT molecular complexity index is 2660. The van der Waals surface area contributed by atoms with Crippen LogP contribution in [0.4, 0.5) is 0 Å². The van der Waals surface area contributed by atoms with E-state index in [0.29, 0.717) is 5.25 Å². The van der Waals surface area contributed by atoms with E-state index in [4.69, 9.17) is 4.98 Å². The van der Waals surface area contributed by atoms with Crippen molar-refractivity contribution in [3.05, 3.63) is 137 Å². The van der Waals surface area contributed by atoms with Crippen LogP contribution < -0.4 is 5.35 Å². The van der Waals surface area contributed by atoms with Crippen molar-refractivity contribution >= 4 is 67.1 Å². The molecule has 1 atom stereocenters. The Morgan fingerprint density at radius 1 is 0.682 bits per heavy atom. The van der Waals surface area contributed by atoms with Crippen molar-refractivity contribution in [3.63, 3.8) is 0 Å². The quantitative estimate of drug-likeness (QED) is 0.195. The van der Waals surface area contributed by atoms with Gasteiger partial charge in [-0.3, -0.25) is 4.98 Å². The molecule has 3 heteroatoms. The molecule has 8 aromatic rings. The van der Waals surface area contributed by atoms with Gasteiger partial charge in [-0.2, -0.15) is 0 Å². The first-order chi connectivity index (χ1) is 21.8. The Kier molecular flexibility index (Phi) is 4.39. The van der Waals surface area contributed by atoms with E-state index in [1.54, 1.807) is 5.56 Å². The van der Waals surface area contributed by atoms with E-state index in [0.717, 1.165) is 17.7 Å². The van der Waals surface area contributed by atoms with Gasteiger partial charge in [-0.25, -0.2) is 0 Å². The summed E-state index contributed by atoms with van der Waals surface area (Å²) in [5.41, 5.74) is 11.4. The summed E-state index contributed by atoms with van der Waals surface area (Å²) < 4.78 is 2.52. The molecule has 204 valence electrons. The zero-order chi connectivity index (χ0) is 28.5. The molecule has 44 heavy (non-hydrogen) atoms. The fourth-order valence-electron chi connectivity index (χ4n) is 8.09. The fraction of sp³-hybridized carbons (Fsp3) is 0.0488. The maximum atomic E-state index is 4.73. The molecule has 0 fully saturated rings. The number of aromatic nitrogens is 2. The minimum Gasteiger partial charge on any atom is -0.309 e. The maximum Gasteiger partial charge on any atom is 0.0708 e. The van der Waals surface area contributed by atoms with Crippen LogP contribution in [0.1, 0.15) is 21.9 Å². The van der Waals surface area contributed by atoms with E-state index >= 15 is 0 Å². The maximum absolute atomic E-state index is 4.73. The second kappa shape index (κ2) is 8.28. The average molecular weight is 577 g/mol. The molecule has 0 bridgehead atoms. The Morgan fingerprint density at radius 3 is 2.55 bits per heavy atom. The highest BCUT2D eigenvalue weighted by Crippen LogP contribution is 2.57. The van der Waals surface area contributed by atoms with Gasteiger partial charge in [-0.05, 0) is 98.2 Å². The highest BCUT2D eigenvalue weighted by molar-refractivity contribution is 8.00. The molecule has 2 nitrogen and oxygen atoms in total. The second-order valence-corrected chi connectivity index (χ2v) is 13.4. The van der Waals surface area contributed by atoms with Crippen molar-refractivity contribution in [2.45, 2.75) is 16.6 Å². The molecule has 3 heterocycles. The van der Waals surface area contributed by atoms with Gasteiger partial charge in [0.25, 0.3) is 0 Å². The monoisotopic (exact) mass is 576 g/mol. The van der Waals surface area contributed by atoms with Gasteiger partial charge < -0.3 is 4.57 Å². The summed E-state index contributed by atoms with van der Waals surface area (Å²) in [6.07, 6.45) is 10.1. The first-order valence-corrected chi connectivity index (χ1v) is 16.2. The third-order valence-corrected chi connectivity index (χ3v) is 11.2. The summed E-state index contributed by atoms with van der Waals surface area (Å²) in [6, 6.07) is 37.9. The summed E-state index contributed by atoms with van der Waals surface area (Å²) in [6.45, 7) is 0. The standard InChI is InChI=1S/C41H24N2S/c1-2-4-23(5-3-1)28-18-19-42-31(22-28)29-7-6-27-21-30(13-8-26(27)20-29)43-32-14-9-24-11-16-34-40-36(24)38(32)39-33(43)15-10-25-12-17-35(44-34)41(40)37(25)39/h1-9,11-22,34H,10H2. The van der Waals surface area contributed by atoms with Crippen LogP contribution in [-0.2, 0) is 6.42 Å². The highest BCUT2D eigenvalue weighted by Gasteiger charge is 2.34. The van der Waals surface area contributed by atoms with Crippen LogP contribution >= 0.6 is 11.8 Å². The van der Waals surface area contributed by atoms with Crippen molar-refractivity contribution < 1.29 is 0 Å². The molecule has 0 N–H and O–H groups in total. The number of thioether (sulfide) groups is 1. The summed E-state index contributed by atoms with van der Waals surface area (Å²) in [5, 5.41) is 11.6. The number of fused-ring (bicyclic) bond motifs is 1. The number of pyridine rings is 1. The topological polar surface area (TPSA) is 17.8 Å². The van der Waals surface area contributed by atoms with Gasteiger partial charge in [-0.1, -0.05) is 78.9 Å². The molecular weight excluding hydrogens is 553 g/mol. The SMILES string of the molecule is C1=CC2Sc3ccc4c5c3c2c2c1ccc1c2c5c(n1-c1ccc2cc(-c3cc(-c5ccccc5)ccn3)ccc2c1)=CC4. The third-order valence-electron chi connectivity index (χ3n) is 9.99. The molecule has 6 aromatic carbocycles. The number of hydrogen-bond donors (Lipinski definition) is 0. The van der Waals surface area contributed by atoms with Crippen LogP contribution in [-0.4, -0.2) is 9.55 Å². The smallest absolute Gasteiger partial charge is 0.0708 e. The molecule has 3 aliphatic rings. The van der Waals surface area contributed by atoms with E-state index in [9.17, 15) is 0 Å². The van der Waals surface area contributed by atoms with Crippen LogP contribution in [0.3, 0.4) is 0 Å². The zero-order valence-corrected chi connectivity index (χ0v) is 24.5. The lowest BCUT2D eigenvalue weighted by Gasteiger charge is -2.19. The van der Waals surface area contributed by atoms with E-state index in [1.807, 2.05) is 18.0 Å². The number of hydrogen-bond acceptors (Lipinski definition) is 2. The predicted molar refractivity (Wildman–Crippen MR) is 185 cm³/mol. The van der Waals surface area contributed by atoms with Crippen molar-refractivity contribution in [1.29, 1.82) is 0 Å². The molecule has 2 aromatic heterocycles. The average Bonchev–Trinajstić information content (AvgIpc) is 3.65. The molecular formula is C41H24N2S. The zero-order valence-electron chi connectivity index (χ0n) is 23.7.